The highest BCUT2D eigenvalue weighted by atomic mass is 79.9. The molecule has 1 unspecified atom stereocenters. The Morgan fingerprint density at radius 2 is 2.28 bits per heavy atom. The fourth-order valence-electron chi connectivity index (χ4n) is 1.72. The predicted octanol–water partition coefficient (Wildman–Crippen LogP) is 2.36. The summed E-state index contributed by atoms with van der Waals surface area (Å²) in [6.07, 6.45) is 2.48. The van der Waals surface area contributed by atoms with E-state index in [2.05, 4.69) is 15.9 Å². The van der Waals surface area contributed by atoms with Gasteiger partial charge in [0.2, 0.25) is 0 Å². The molecule has 0 aliphatic heterocycles. The van der Waals surface area contributed by atoms with Crippen LogP contribution in [0.5, 0.6) is 5.75 Å². The van der Waals surface area contributed by atoms with Crippen LogP contribution in [0.1, 0.15) is 24.3 Å². The Bertz CT molecular complexity index is 446. The third-order valence-corrected chi connectivity index (χ3v) is 3.68. The van der Waals surface area contributed by atoms with Crippen molar-refractivity contribution in [2.75, 3.05) is 13.2 Å². The van der Waals surface area contributed by atoms with Gasteiger partial charge in [-0.2, -0.15) is 0 Å². The molecule has 4 nitrogen and oxygen atoms in total. The second kappa shape index (κ2) is 5.71. The summed E-state index contributed by atoms with van der Waals surface area (Å²) >= 11 is 3.41. The van der Waals surface area contributed by atoms with Crippen LogP contribution in [0.2, 0.25) is 0 Å². The Morgan fingerprint density at radius 1 is 1.56 bits per heavy atom. The number of ether oxygens (including phenoxy) is 1. The van der Waals surface area contributed by atoms with Gasteiger partial charge < -0.3 is 15.6 Å². The van der Waals surface area contributed by atoms with E-state index in [-0.39, 0.29) is 6.54 Å². The molecule has 0 bridgehead atoms. The Labute approximate surface area is 114 Å². The molecule has 1 fully saturated rings. The van der Waals surface area contributed by atoms with Crippen molar-refractivity contribution in [1.82, 2.24) is 0 Å². The number of carboxylic acids is 1. The smallest absolute Gasteiger partial charge is 0.312 e. The second-order valence-corrected chi connectivity index (χ2v) is 5.43. The van der Waals surface area contributed by atoms with Crippen LogP contribution in [0.4, 0.5) is 0 Å². The molecule has 0 aromatic heterocycles. The van der Waals surface area contributed by atoms with Crippen molar-refractivity contribution in [3.8, 4) is 5.75 Å². The van der Waals surface area contributed by atoms with Crippen LogP contribution in [0.15, 0.2) is 22.7 Å². The summed E-state index contributed by atoms with van der Waals surface area (Å²) in [4.78, 5) is 11.0. The topological polar surface area (TPSA) is 72.6 Å². The van der Waals surface area contributed by atoms with Gasteiger partial charge in [-0.3, -0.25) is 4.79 Å². The van der Waals surface area contributed by atoms with E-state index in [1.807, 2.05) is 0 Å². The number of carboxylic acid groups (broad SMARTS) is 1. The van der Waals surface area contributed by atoms with Gasteiger partial charge in [0.05, 0.1) is 17.0 Å². The molecule has 1 saturated carbocycles. The van der Waals surface area contributed by atoms with Crippen molar-refractivity contribution < 1.29 is 14.6 Å². The molecule has 0 radical (unpaired) electrons. The van der Waals surface area contributed by atoms with Crippen LogP contribution in [-0.2, 0) is 4.79 Å². The maximum absolute atomic E-state index is 11.0. The summed E-state index contributed by atoms with van der Waals surface area (Å²) in [6.45, 7) is 0.821. The van der Waals surface area contributed by atoms with Crippen molar-refractivity contribution in [2.45, 2.75) is 18.8 Å². The lowest BCUT2D eigenvalue weighted by atomic mass is 9.99. The van der Waals surface area contributed by atoms with Gasteiger partial charge in [0, 0.05) is 6.54 Å². The Hall–Kier alpha value is -1.07. The number of halogens is 1. The lowest BCUT2D eigenvalue weighted by Crippen LogP contribution is -2.21. The molecule has 3 N–H and O–H groups in total. The molecule has 18 heavy (non-hydrogen) atoms. The van der Waals surface area contributed by atoms with E-state index in [4.69, 9.17) is 15.6 Å². The average molecular weight is 314 g/mol. The number of hydrogen-bond donors (Lipinski definition) is 2. The van der Waals surface area contributed by atoms with Gasteiger partial charge >= 0.3 is 5.97 Å². The van der Waals surface area contributed by atoms with E-state index in [9.17, 15) is 4.79 Å². The summed E-state index contributed by atoms with van der Waals surface area (Å²) in [5.41, 5.74) is 6.16. The van der Waals surface area contributed by atoms with E-state index in [1.54, 1.807) is 18.2 Å². The number of nitrogens with two attached hydrogens (primary N) is 1. The van der Waals surface area contributed by atoms with Crippen LogP contribution in [0.3, 0.4) is 0 Å². The zero-order chi connectivity index (χ0) is 13.1. The molecule has 0 amide bonds. The molecule has 2 rings (SSSR count). The highest BCUT2D eigenvalue weighted by molar-refractivity contribution is 9.10. The van der Waals surface area contributed by atoms with Gasteiger partial charge in [-0.1, -0.05) is 6.07 Å². The minimum atomic E-state index is -0.906. The first-order valence-corrected chi connectivity index (χ1v) is 6.76. The summed E-state index contributed by atoms with van der Waals surface area (Å²) in [6, 6.07) is 5.33. The van der Waals surface area contributed by atoms with Crippen LogP contribution in [0, 0.1) is 5.92 Å². The highest BCUT2D eigenvalue weighted by Crippen LogP contribution is 2.33. The minimum absolute atomic E-state index is 0.0874. The lowest BCUT2D eigenvalue weighted by molar-refractivity contribution is -0.138. The molecular formula is C13H16BrNO3. The molecule has 98 valence electrons. The summed E-state index contributed by atoms with van der Waals surface area (Å²) < 4.78 is 6.44. The molecule has 0 heterocycles. The van der Waals surface area contributed by atoms with Crippen LogP contribution in [0.25, 0.3) is 0 Å². The predicted molar refractivity (Wildman–Crippen MR) is 71.8 cm³/mol. The Morgan fingerprint density at radius 3 is 2.78 bits per heavy atom. The normalized spacial score (nSPS) is 16.3. The zero-order valence-electron chi connectivity index (χ0n) is 9.93. The van der Waals surface area contributed by atoms with Gasteiger partial charge in [-0.05, 0) is 52.4 Å². The molecule has 1 aliphatic carbocycles. The molecule has 1 atom stereocenters. The number of benzene rings is 1. The first-order valence-electron chi connectivity index (χ1n) is 5.97. The first-order chi connectivity index (χ1) is 8.61. The lowest BCUT2D eigenvalue weighted by Gasteiger charge is -2.13. The van der Waals surface area contributed by atoms with E-state index < -0.39 is 11.9 Å². The van der Waals surface area contributed by atoms with Gasteiger partial charge in [-0.25, -0.2) is 0 Å². The first kappa shape index (κ1) is 13.4. The summed E-state index contributed by atoms with van der Waals surface area (Å²) in [5.74, 6) is -0.131. The standard InChI is InChI=1S/C13H16BrNO3/c14-11-5-9(10(6-15)13(16)17)3-4-12(11)18-7-8-1-2-8/h3-5,8,10H,1-2,6-7,15H2,(H,16,17). The average Bonchev–Trinajstić information content (AvgIpc) is 3.12. The van der Waals surface area contributed by atoms with Gasteiger partial charge in [0.15, 0.2) is 0 Å². The van der Waals surface area contributed by atoms with Crippen molar-refractivity contribution >= 4 is 21.9 Å². The van der Waals surface area contributed by atoms with E-state index in [0.717, 1.165) is 16.8 Å². The third-order valence-electron chi connectivity index (χ3n) is 3.06. The van der Waals surface area contributed by atoms with Crippen molar-refractivity contribution in [2.24, 2.45) is 11.7 Å². The zero-order valence-corrected chi connectivity index (χ0v) is 11.5. The van der Waals surface area contributed by atoms with Crippen LogP contribution >= 0.6 is 15.9 Å². The second-order valence-electron chi connectivity index (χ2n) is 4.57. The fourth-order valence-corrected chi connectivity index (χ4v) is 2.23. The third kappa shape index (κ3) is 3.23. The molecule has 0 spiro atoms. The molecule has 1 aromatic carbocycles. The number of aliphatic carboxylic acids is 1. The van der Waals surface area contributed by atoms with E-state index in [1.165, 1.54) is 12.8 Å². The van der Waals surface area contributed by atoms with Gasteiger partial charge in [0.1, 0.15) is 5.75 Å². The van der Waals surface area contributed by atoms with Gasteiger partial charge in [0.25, 0.3) is 0 Å². The largest absolute Gasteiger partial charge is 0.492 e. The quantitative estimate of drug-likeness (QED) is 0.845. The fraction of sp³-hybridized carbons (Fsp3) is 0.462. The Kier molecular flexibility index (Phi) is 4.24. The maximum Gasteiger partial charge on any atom is 0.312 e. The molecular weight excluding hydrogens is 298 g/mol. The number of carbonyl (C=O) groups is 1. The van der Waals surface area contributed by atoms with E-state index >= 15 is 0 Å². The summed E-state index contributed by atoms with van der Waals surface area (Å²) in [5, 5.41) is 9.04. The number of hydrogen-bond acceptors (Lipinski definition) is 3. The van der Waals surface area contributed by atoms with Gasteiger partial charge in [-0.15, -0.1) is 0 Å². The monoisotopic (exact) mass is 313 g/mol. The summed E-state index contributed by atoms with van der Waals surface area (Å²) in [7, 11) is 0. The number of rotatable bonds is 6. The molecule has 0 saturated heterocycles. The Balaban J connectivity index is 2.09. The van der Waals surface area contributed by atoms with E-state index in [0.29, 0.717) is 11.5 Å². The molecule has 1 aliphatic rings. The van der Waals surface area contributed by atoms with Crippen LogP contribution < -0.4 is 10.5 Å². The van der Waals surface area contributed by atoms with Crippen molar-refractivity contribution in [1.29, 1.82) is 0 Å². The molecule has 5 heteroatoms. The SMILES string of the molecule is NCC(C(=O)O)c1ccc(OCC2CC2)c(Br)c1. The minimum Gasteiger partial charge on any atom is -0.492 e. The highest BCUT2D eigenvalue weighted by Gasteiger charge is 2.23. The van der Waals surface area contributed by atoms with Crippen molar-refractivity contribution in [3.05, 3.63) is 28.2 Å². The molecule has 1 aromatic rings. The van der Waals surface area contributed by atoms with Crippen LogP contribution in [-0.4, -0.2) is 24.2 Å². The maximum atomic E-state index is 11.0. The van der Waals surface area contributed by atoms with Crippen molar-refractivity contribution in [3.63, 3.8) is 0 Å².